The molecule has 0 aromatic heterocycles. The van der Waals surface area contributed by atoms with Crippen molar-refractivity contribution in [1.29, 1.82) is 0 Å². The monoisotopic (exact) mass is 263 g/mol. The first-order valence-electron chi connectivity index (χ1n) is 4.07. The van der Waals surface area contributed by atoms with Crippen LogP contribution in [0.4, 0.5) is 0 Å². The van der Waals surface area contributed by atoms with Crippen LogP contribution in [0, 0.1) is 0 Å². The molecule has 0 aromatic rings. The molecular formula is C5H15NO7P2. The maximum Gasteiger partial charge on any atom is 0.371 e. The first-order valence-corrected chi connectivity index (χ1v) is 7.30. The van der Waals surface area contributed by atoms with Gasteiger partial charge in [-0.3, -0.25) is 9.13 Å². The van der Waals surface area contributed by atoms with Gasteiger partial charge in [0.25, 0.3) is 5.08 Å². The lowest BCUT2D eigenvalue weighted by molar-refractivity contribution is 0.104. The fraction of sp³-hybridized carbons (Fsp3) is 1.00. The van der Waals surface area contributed by atoms with E-state index < -0.39 is 26.3 Å². The summed E-state index contributed by atoms with van der Waals surface area (Å²) in [6, 6.07) is -1.69. The van der Waals surface area contributed by atoms with E-state index in [0.717, 1.165) is 0 Å². The predicted molar refractivity (Wildman–Crippen MR) is 51.9 cm³/mol. The molecule has 1 unspecified atom stereocenters. The molecule has 0 aliphatic heterocycles. The molecule has 0 spiro atoms. The SMILES string of the molecule is CCCC(N)C(O)(P(=O)(O)O)P(=O)(O)O. The molecule has 0 fully saturated rings. The van der Waals surface area contributed by atoms with Crippen LogP contribution in [0.1, 0.15) is 19.8 Å². The van der Waals surface area contributed by atoms with Gasteiger partial charge in [0.15, 0.2) is 0 Å². The topological polar surface area (TPSA) is 161 Å². The van der Waals surface area contributed by atoms with Crippen molar-refractivity contribution in [2.75, 3.05) is 0 Å². The van der Waals surface area contributed by atoms with Crippen LogP contribution in [0.25, 0.3) is 0 Å². The maximum atomic E-state index is 10.9. The minimum absolute atomic E-state index is 0.118. The van der Waals surface area contributed by atoms with Gasteiger partial charge in [0, 0.05) is 0 Å². The summed E-state index contributed by atoms with van der Waals surface area (Å²) >= 11 is 0. The summed E-state index contributed by atoms with van der Waals surface area (Å²) in [5.41, 5.74) is 5.20. The third kappa shape index (κ3) is 2.87. The zero-order chi connectivity index (χ0) is 12.5. The van der Waals surface area contributed by atoms with Crippen molar-refractivity contribution in [2.45, 2.75) is 30.9 Å². The molecule has 0 saturated carbocycles. The summed E-state index contributed by atoms with van der Waals surface area (Å²) in [5.74, 6) is 0. The summed E-state index contributed by atoms with van der Waals surface area (Å²) in [6.45, 7) is 1.60. The Kier molecular flexibility index (Phi) is 4.68. The summed E-state index contributed by atoms with van der Waals surface area (Å²) < 4.78 is 21.8. The third-order valence-electron chi connectivity index (χ3n) is 1.95. The van der Waals surface area contributed by atoms with Crippen LogP contribution in [0.15, 0.2) is 0 Å². The first-order chi connectivity index (χ1) is 6.48. The molecule has 0 bridgehead atoms. The average molecular weight is 263 g/mol. The summed E-state index contributed by atoms with van der Waals surface area (Å²) in [7, 11) is -10.9. The van der Waals surface area contributed by atoms with Gasteiger partial charge in [0.2, 0.25) is 0 Å². The van der Waals surface area contributed by atoms with E-state index in [0.29, 0.717) is 6.42 Å². The van der Waals surface area contributed by atoms with E-state index in [2.05, 4.69) is 0 Å². The van der Waals surface area contributed by atoms with Crippen molar-refractivity contribution in [1.82, 2.24) is 0 Å². The summed E-state index contributed by atoms with van der Waals surface area (Å²) in [5, 5.41) is 5.93. The van der Waals surface area contributed by atoms with Crippen LogP contribution in [-0.2, 0) is 9.13 Å². The minimum atomic E-state index is -5.43. The summed E-state index contributed by atoms with van der Waals surface area (Å²) in [4.78, 5) is 35.0. The maximum absolute atomic E-state index is 10.9. The quantitative estimate of drug-likeness (QED) is 0.348. The highest BCUT2D eigenvalue weighted by Crippen LogP contribution is 2.68. The molecule has 92 valence electrons. The van der Waals surface area contributed by atoms with Crippen LogP contribution in [0.2, 0.25) is 0 Å². The van der Waals surface area contributed by atoms with Crippen LogP contribution in [0.3, 0.4) is 0 Å². The fourth-order valence-electron chi connectivity index (χ4n) is 1.11. The van der Waals surface area contributed by atoms with Gasteiger partial charge in [-0.2, -0.15) is 0 Å². The number of rotatable bonds is 5. The predicted octanol–water partition coefficient (Wildman–Crippen LogP) is -0.885. The molecule has 1 atom stereocenters. The smallest absolute Gasteiger partial charge is 0.366 e. The zero-order valence-corrected chi connectivity index (χ0v) is 9.80. The Balaban J connectivity index is 5.43. The Morgan fingerprint density at radius 1 is 1.20 bits per heavy atom. The van der Waals surface area contributed by atoms with Crippen molar-refractivity contribution in [3.05, 3.63) is 0 Å². The lowest BCUT2D eigenvalue weighted by Gasteiger charge is -2.33. The number of hydrogen-bond acceptors (Lipinski definition) is 4. The van der Waals surface area contributed by atoms with Gasteiger partial charge in [-0.05, 0) is 6.42 Å². The number of nitrogens with two attached hydrogens (primary N) is 1. The van der Waals surface area contributed by atoms with Crippen LogP contribution >= 0.6 is 15.2 Å². The van der Waals surface area contributed by atoms with Gasteiger partial charge < -0.3 is 30.4 Å². The molecule has 0 saturated heterocycles. The van der Waals surface area contributed by atoms with Crippen molar-refractivity contribution in [3.63, 3.8) is 0 Å². The average Bonchev–Trinajstić information content (AvgIpc) is 1.99. The zero-order valence-electron chi connectivity index (χ0n) is 8.02. The van der Waals surface area contributed by atoms with E-state index in [1.807, 2.05) is 0 Å². The van der Waals surface area contributed by atoms with Crippen molar-refractivity contribution in [3.8, 4) is 0 Å². The highest BCUT2D eigenvalue weighted by Gasteiger charge is 2.62. The molecule has 10 heteroatoms. The van der Waals surface area contributed by atoms with E-state index in [1.165, 1.54) is 0 Å². The molecule has 0 aromatic carbocycles. The third-order valence-corrected chi connectivity index (χ3v) is 5.90. The second kappa shape index (κ2) is 4.61. The summed E-state index contributed by atoms with van der Waals surface area (Å²) in [6.07, 6.45) is 0.205. The van der Waals surface area contributed by atoms with E-state index in [9.17, 15) is 14.2 Å². The van der Waals surface area contributed by atoms with Crippen molar-refractivity contribution >= 4 is 15.2 Å². The number of hydrogen-bond donors (Lipinski definition) is 6. The largest absolute Gasteiger partial charge is 0.371 e. The molecule has 0 aliphatic carbocycles. The van der Waals surface area contributed by atoms with Gasteiger partial charge in [-0.25, -0.2) is 0 Å². The van der Waals surface area contributed by atoms with Gasteiger partial charge in [-0.15, -0.1) is 0 Å². The standard InChI is InChI=1S/C5H15NO7P2/c1-2-3-4(6)5(7,14(8,9)10)15(11,12)13/h4,7H,2-3,6H2,1H3,(H2,8,9,10)(H2,11,12,13). The molecule has 0 amide bonds. The molecule has 7 N–H and O–H groups in total. The minimum Gasteiger partial charge on any atom is -0.366 e. The normalized spacial score (nSPS) is 16.5. The highest BCUT2D eigenvalue weighted by atomic mass is 31.2. The first kappa shape index (κ1) is 15.2. The number of aliphatic hydroxyl groups is 1. The van der Waals surface area contributed by atoms with E-state index in [-0.39, 0.29) is 6.42 Å². The molecule has 0 radical (unpaired) electrons. The molecular weight excluding hydrogens is 248 g/mol. The second-order valence-corrected chi connectivity index (χ2v) is 7.06. The lowest BCUT2D eigenvalue weighted by atomic mass is 10.2. The van der Waals surface area contributed by atoms with E-state index in [4.69, 9.17) is 25.3 Å². The molecule has 0 rings (SSSR count). The van der Waals surface area contributed by atoms with Gasteiger partial charge in [0.1, 0.15) is 0 Å². The Labute approximate surface area is 86.4 Å². The van der Waals surface area contributed by atoms with Crippen molar-refractivity contribution < 1.29 is 33.8 Å². The Morgan fingerprint density at radius 2 is 1.53 bits per heavy atom. The second-order valence-electron chi connectivity index (χ2n) is 3.17. The van der Waals surface area contributed by atoms with Crippen molar-refractivity contribution in [2.24, 2.45) is 5.73 Å². The van der Waals surface area contributed by atoms with Gasteiger partial charge in [0.05, 0.1) is 6.04 Å². The molecule has 15 heavy (non-hydrogen) atoms. The van der Waals surface area contributed by atoms with E-state index >= 15 is 0 Å². The molecule has 0 aliphatic rings. The lowest BCUT2D eigenvalue weighted by Crippen LogP contribution is -2.47. The van der Waals surface area contributed by atoms with Gasteiger partial charge >= 0.3 is 15.2 Å². The Morgan fingerprint density at radius 3 is 1.73 bits per heavy atom. The van der Waals surface area contributed by atoms with Crippen LogP contribution in [0.5, 0.6) is 0 Å². The highest BCUT2D eigenvalue weighted by molar-refractivity contribution is 7.72. The molecule has 8 nitrogen and oxygen atoms in total. The van der Waals surface area contributed by atoms with Crippen LogP contribution < -0.4 is 5.73 Å². The van der Waals surface area contributed by atoms with E-state index in [1.54, 1.807) is 6.92 Å². The fourth-order valence-corrected chi connectivity index (χ4v) is 3.59. The van der Waals surface area contributed by atoms with Gasteiger partial charge in [-0.1, -0.05) is 13.3 Å². The molecule has 0 heterocycles. The van der Waals surface area contributed by atoms with Crippen LogP contribution in [-0.4, -0.2) is 35.8 Å². The Hall–Kier alpha value is 0.220. The Bertz CT molecular complexity index is 285.